The van der Waals surface area contributed by atoms with Crippen LogP contribution in [-0.4, -0.2) is 24.4 Å². The van der Waals surface area contributed by atoms with Crippen molar-refractivity contribution in [3.05, 3.63) is 54.0 Å². The quantitative estimate of drug-likeness (QED) is 0.731. The third kappa shape index (κ3) is 4.96. The molecule has 122 valence electrons. The predicted octanol–water partition coefficient (Wildman–Crippen LogP) is 2.15. The first-order valence-corrected chi connectivity index (χ1v) is 7.55. The highest BCUT2D eigenvalue weighted by atomic mass is 16.3. The van der Waals surface area contributed by atoms with E-state index in [1.165, 1.54) is 6.26 Å². The van der Waals surface area contributed by atoms with Gasteiger partial charge in [0, 0.05) is 12.2 Å². The zero-order valence-corrected chi connectivity index (χ0v) is 13.3. The lowest BCUT2D eigenvalue weighted by atomic mass is 10.2. The van der Waals surface area contributed by atoms with Crippen LogP contribution < -0.4 is 16.0 Å². The van der Waals surface area contributed by atoms with Crippen LogP contribution in [0.1, 0.15) is 30.0 Å². The third-order valence-electron chi connectivity index (χ3n) is 3.26. The van der Waals surface area contributed by atoms with E-state index in [1.54, 1.807) is 19.1 Å². The van der Waals surface area contributed by atoms with Crippen molar-refractivity contribution in [2.75, 3.05) is 11.9 Å². The molecule has 3 N–H and O–H groups in total. The zero-order valence-electron chi connectivity index (χ0n) is 13.3. The van der Waals surface area contributed by atoms with E-state index in [9.17, 15) is 9.59 Å². The smallest absolute Gasteiger partial charge is 0.287 e. The molecule has 1 aromatic carbocycles. The minimum absolute atomic E-state index is 0.178. The summed E-state index contributed by atoms with van der Waals surface area (Å²) < 4.78 is 5.00. The van der Waals surface area contributed by atoms with Crippen LogP contribution in [0, 0.1) is 0 Å². The van der Waals surface area contributed by atoms with Crippen molar-refractivity contribution >= 4 is 17.5 Å². The number of carbonyl (C=O) groups is 2. The number of hydrogen-bond acceptors (Lipinski definition) is 4. The molecule has 6 heteroatoms. The van der Waals surface area contributed by atoms with Crippen LogP contribution in [0.4, 0.5) is 5.69 Å². The Balaban J connectivity index is 1.91. The molecule has 0 aliphatic carbocycles. The van der Waals surface area contributed by atoms with Crippen LogP contribution in [0.5, 0.6) is 0 Å². The highest BCUT2D eigenvalue weighted by Gasteiger charge is 2.18. The number of benzene rings is 1. The second kappa shape index (κ2) is 8.14. The summed E-state index contributed by atoms with van der Waals surface area (Å²) in [5.74, 6) is -0.527. The van der Waals surface area contributed by atoms with Gasteiger partial charge in [-0.25, -0.2) is 0 Å². The molecular formula is C17H21N3O3. The molecule has 1 heterocycles. The Bertz CT molecular complexity index is 653. The molecule has 1 unspecified atom stereocenters. The number of anilines is 1. The zero-order chi connectivity index (χ0) is 16.7. The summed E-state index contributed by atoms with van der Waals surface area (Å²) >= 11 is 0. The molecule has 6 nitrogen and oxygen atoms in total. The number of nitrogens with one attached hydrogen (secondary N) is 3. The molecule has 0 aliphatic rings. The number of rotatable bonds is 7. The van der Waals surface area contributed by atoms with Crippen molar-refractivity contribution < 1.29 is 14.0 Å². The van der Waals surface area contributed by atoms with Crippen LogP contribution >= 0.6 is 0 Å². The standard InChI is InChI=1S/C17H21N3O3/c1-3-18-11-13-6-4-7-14(10-13)20-16(21)12(2)19-17(22)15-8-5-9-23-15/h4-10,12,18H,3,11H2,1-2H3,(H,19,22)(H,20,21). The van der Waals surface area contributed by atoms with Gasteiger partial charge in [-0.3, -0.25) is 9.59 Å². The second-order valence-electron chi connectivity index (χ2n) is 5.14. The van der Waals surface area contributed by atoms with E-state index in [1.807, 2.05) is 31.2 Å². The van der Waals surface area contributed by atoms with Gasteiger partial charge in [-0.15, -0.1) is 0 Å². The van der Waals surface area contributed by atoms with Gasteiger partial charge < -0.3 is 20.4 Å². The Kier molecular flexibility index (Phi) is 5.94. The van der Waals surface area contributed by atoms with Gasteiger partial charge in [0.05, 0.1) is 6.26 Å². The molecule has 2 aromatic rings. The fourth-order valence-corrected chi connectivity index (χ4v) is 2.02. The number of hydrogen-bond donors (Lipinski definition) is 3. The maximum absolute atomic E-state index is 12.2. The SMILES string of the molecule is CCNCc1cccc(NC(=O)C(C)NC(=O)c2ccco2)c1. The monoisotopic (exact) mass is 315 g/mol. The van der Waals surface area contributed by atoms with Crippen LogP contribution in [0.2, 0.25) is 0 Å². The largest absolute Gasteiger partial charge is 0.459 e. The summed E-state index contributed by atoms with van der Waals surface area (Å²) in [6, 6.07) is 10.1. The van der Waals surface area contributed by atoms with Gasteiger partial charge in [-0.1, -0.05) is 19.1 Å². The lowest BCUT2D eigenvalue weighted by Crippen LogP contribution is -2.41. The number of carbonyl (C=O) groups excluding carboxylic acids is 2. The first-order chi connectivity index (χ1) is 11.1. The molecule has 0 saturated carbocycles. The lowest BCUT2D eigenvalue weighted by molar-refractivity contribution is -0.117. The Labute approximate surface area is 135 Å². The molecule has 1 atom stereocenters. The Morgan fingerprint density at radius 1 is 1.22 bits per heavy atom. The van der Waals surface area contributed by atoms with Gasteiger partial charge in [0.15, 0.2) is 5.76 Å². The van der Waals surface area contributed by atoms with Crippen LogP contribution in [0.25, 0.3) is 0 Å². The molecule has 0 radical (unpaired) electrons. The predicted molar refractivity (Wildman–Crippen MR) is 88.1 cm³/mol. The average molecular weight is 315 g/mol. The summed E-state index contributed by atoms with van der Waals surface area (Å²) in [4.78, 5) is 24.0. The molecule has 0 fully saturated rings. The fraction of sp³-hybridized carbons (Fsp3) is 0.294. The van der Waals surface area contributed by atoms with Gasteiger partial charge in [-0.2, -0.15) is 0 Å². The minimum Gasteiger partial charge on any atom is -0.459 e. The number of furan rings is 1. The van der Waals surface area contributed by atoms with Crippen LogP contribution in [0.15, 0.2) is 47.1 Å². The fourth-order valence-electron chi connectivity index (χ4n) is 2.02. The minimum atomic E-state index is -0.676. The van der Waals surface area contributed by atoms with Gasteiger partial charge in [-0.05, 0) is 43.3 Å². The van der Waals surface area contributed by atoms with Crippen molar-refractivity contribution in [3.63, 3.8) is 0 Å². The Morgan fingerprint density at radius 2 is 2.04 bits per heavy atom. The first kappa shape index (κ1) is 16.8. The highest BCUT2D eigenvalue weighted by molar-refractivity contribution is 5.99. The summed E-state index contributed by atoms with van der Waals surface area (Å²) in [6.45, 7) is 5.28. The Hall–Kier alpha value is -2.60. The van der Waals surface area contributed by atoms with Crippen molar-refractivity contribution in [2.45, 2.75) is 26.4 Å². The molecule has 1 aromatic heterocycles. The molecular weight excluding hydrogens is 294 g/mol. The van der Waals surface area contributed by atoms with Crippen LogP contribution in [-0.2, 0) is 11.3 Å². The molecule has 0 aliphatic heterocycles. The van der Waals surface area contributed by atoms with Crippen molar-refractivity contribution in [1.82, 2.24) is 10.6 Å². The van der Waals surface area contributed by atoms with E-state index in [0.29, 0.717) is 5.69 Å². The highest BCUT2D eigenvalue weighted by Crippen LogP contribution is 2.11. The summed E-state index contributed by atoms with van der Waals surface area (Å²) in [7, 11) is 0. The summed E-state index contributed by atoms with van der Waals surface area (Å²) in [5, 5.41) is 8.62. The van der Waals surface area contributed by atoms with E-state index in [2.05, 4.69) is 16.0 Å². The third-order valence-corrected chi connectivity index (χ3v) is 3.26. The van der Waals surface area contributed by atoms with E-state index in [-0.39, 0.29) is 11.7 Å². The van der Waals surface area contributed by atoms with E-state index in [4.69, 9.17) is 4.42 Å². The van der Waals surface area contributed by atoms with Crippen molar-refractivity contribution in [3.8, 4) is 0 Å². The normalized spacial score (nSPS) is 11.7. The average Bonchev–Trinajstić information content (AvgIpc) is 3.07. The van der Waals surface area contributed by atoms with Gasteiger partial charge in [0.25, 0.3) is 5.91 Å². The van der Waals surface area contributed by atoms with Crippen molar-refractivity contribution in [1.29, 1.82) is 0 Å². The molecule has 0 spiro atoms. The summed E-state index contributed by atoms with van der Waals surface area (Å²) in [6.07, 6.45) is 1.41. The van der Waals surface area contributed by atoms with E-state index < -0.39 is 11.9 Å². The van der Waals surface area contributed by atoms with Gasteiger partial charge in [0.1, 0.15) is 6.04 Å². The van der Waals surface area contributed by atoms with Crippen molar-refractivity contribution in [2.24, 2.45) is 0 Å². The molecule has 0 bridgehead atoms. The maximum Gasteiger partial charge on any atom is 0.287 e. The second-order valence-corrected chi connectivity index (χ2v) is 5.14. The lowest BCUT2D eigenvalue weighted by Gasteiger charge is -2.14. The van der Waals surface area contributed by atoms with Gasteiger partial charge >= 0.3 is 0 Å². The van der Waals surface area contributed by atoms with E-state index in [0.717, 1.165) is 18.7 Å². The molecule has 0 saturated heterocycles. The van der Waals surface area contributed by atoms with Crippen LogP contribution in [0.3, 0.4) is 0 Å². The van der Waals surface area contributed by atoms with Gasteiger partial charge in [0.2, 0.25) is 5.91 Å². The Morgan fingerprint density at radius 3 is 2.74 bits per heavy atom. The first-order valence-electron chi connectivity index (χ1n) is 7.55. The maximum atomic E-state index is 12.2. The summed E-state index contributed by atoms with van der Waals surface area (Å²) in [5.41, 5.74) is 1.78. The molecule has 23 heavy (non-hydrogen) atoms. The van der Waals surface area contributed by atoms with E-state index >= 15 is 0 Å². The number of amides is 2. The molecule has 2 rings (SSSR count). The topological polar surface area (TPSA) is 83.4 Å². The molecule has 2 amide bonds.